The van der Waals surface area contributed by atoms with Gasteiger partial charge < -0.3 is 15.7 Å². The molecular weight excluding hydrogens is 513 g/mol. The number of guanidine groups is 1. The third-order valence-corrected chi connectivity index (χ3v) is 7.50. The number of nitrogens with two attached hydrogens (primary N) is 1. The fourth-order valence-electron chi connectivity index (χ4n) is 3.06. The number of halogens is 3. The highest BCUT2D eigenvalue weighted by Crippen LogP contribution is 2.39. The predicted molar refractivity (Wildman–Crippen MR) is 128 cm³/mol. The van der Waals surface area contributed by atoms with E-state index < -0.39 is 20.7 Å². The van der Waals surface area contributed by atoms with Crippen LogP contribution < -0.4 is 15.5 Å². The molecule has 33 heavy (non-hydrogen) atoms. The van der Waals surface area contributed by atoms with E-state index in [1.807, 2.05) is 13.2 Å². The second kappa shape index (κ2) is 10.3. The van der Waals surface area contributed by atoms with Crippen LogP contribution in [0.25, 0.3) is 0 Å². The Hall–Kier alpha value is -2.30. The second-order valence-corrected chi connectivity index (χ2v) is 9.90. The number of phenols is 1. The van der Waals surface area contributed by atoms with Gasteiger partial charge in [-0.25, -0.2) is 23.3 Å². The summed E-state index contributed by atoms with van der Waals surface area (Å²) in [5, 5.41) is 21.8. The van der Waals surface area contributed by atoms with Crippen LogP contribution in [0.4, 0.5) is 11.4 Å². The highest BCUT2D eigenvalue weighted by Gasteiger charge is 2.28. The monoisotopic (exact) mass is 531 g/mol. The molecule has 14 heteroatoms. The number of nitriles is 1. The molecule has 0 saturated carbocycles. The lowest BCUT2D eigenvalue weighted by Crippen LogP contribution is -2.52. The molecular formula is C19H20Cl3N7O3S. The normalized spacial score (nSPS) is 15.9. The van der Waals surface area contributed by atoms with Gasteiger partial charge in [-0.2, -0.15) is 5.26 Å². The number of benzene rings is 2. The minimum absolute atomic E-state index is 0.0684. The molecule has 1 fully saturated rings. The van der Waals surface area contributed by atoms with Crippen molar-refractivity contribution in [1.82, 2.24) is 14.7 Å². The van der Waals surface area contributed by atoms with Gasteiger partial charge in [-0.15, -0.1) is 4.83 Å². The molecule has 1 aliphatic rings. The summed E-state index contributed by atoms with van der Waals surface area (Å²) in [5.74, 6) is -1.10. The van der Waals surface area contributed by atoms with E-state index in [1.165, 1.54) is 29.3 Å². The average molecular weight is 533 g/mol. The van der Waals surface area contributed by atoms with Gasteiger partial charge in [0.2, 0.25) is 5.96 Å². The SMILES string of the molecule is CN1CCN(NS(=O)(=O)c2c(Cl)ccc(N=C(N)N(C#N)c3cccc(Cl)c3Cl)c2O)CC1. The molecule has 0 bridgehead atoms. The molecule has 2 aromatic carbocycles. The van der Waals surface area contributed by atoms with E-state index in [1.54, 1.807) is 6.07 Å². The number of hydrogen-bond donors (Lipinski definition) is 3. The maximum atomic E-state index is 13.0. The van der Waals surface area contributed by atoms with Crippen LogP contribution >= 0.6 is 34.8 Å². The van der Waals surface area contributed by atoms with Crippen LogP contribution in [0.1, 0.15) is 0 Å². The van der Waals surface area contributed by atoms with Crippen LogP contribution in [0.5, 0.6) is 5.75 Å². The lowest BCUT2D eigenvalue weighted by Gasteiger charge is -2.32. The van der Waals surface area contributed by atoms with E-state index in [9.17, 15) is 18.8 Å². The van der Waals surface area contributed by atoms with Gasteiger partial charge in [0, 0.05) is 26.2 Å². The Morgan fingerprint density at radius 2 is 1.85 bits per heavy atom. The van der Waals surface area contributed by atoms with Crippen molar-refractivity contribution >= 4 is 62.2 Å². The Bertz CT molecular complexity index is 1230. The van der Waals surface area contributed by atoms with E-state index in [0.29, 0.717) is 26.2 Å². The number of anilines is 1. The van der Waals surface area contributed by atoms with Gasteiger partial charge in [-0.1, -0.05) is 40.9 Å². The zero-order chi connectivity index (χ0) is 24.3. The van der Waals surface area contributed by atoms with Gasteiger partial charge in [0.25, 0.3) is 10.0 Å². The number of phenolic OH excluding ortho intramolecular Hbond substituents is 1. The van der Waals surface area contributed by atoms with Gasteiger partial charge in [0.05, 0.1) is 20.8 Å². The number of sulfonamides is 1. The first-order valence-corrected chi connectivity index (χ1v) is 12.1. The van der Waals surface area contributed by atoms with E-state index in [-0.39, 0.29) is 32.4 Å². The molecule has 2 aromatic rings. The van der Waals surface area contributed by atoms with Gasteiger partial charge in [-0.3, -0.25) is 0 Å². The van der Waals surface area contributed by atoms with E-state index in [2.05, 4.69) is 14.7 Å². The van der Waals surface area contributed by atoms with Crippen molar-refractivity contribution < 1.29 is 13.5 Å². The molecule has 0 amide bonds. The highest BCUT2D eigenvalue weighted by atomic mass is 35.5. The zero-order valence-electron chi connectivity index (χ0n) is 17.3. The molecule has 0 aromatic heterocycles. The Kier molecular flexibility index (Phi) is 7.92. The maximum absolute atomic E-state index is 13.0. The minimum Gasteiger partial charge on any atom is -0.504 e. The molecule has 176 valence electrons. The Labute approximate surface area is 206 Å². The lowest BCUT2D eigenvalue weighted by molar-refractivity contribution is 0.134. The number of rotatable bonds is 5. The summed E-state index contributed by atoms with van der Waals surface area (Å²) in [6, 6.07) is 7.13. The van der Waals surface area contributed by atoms with Crippen LogP contribution in [0, 0.1) is 11.5 Å². The third kappa shape index (κ3) is 5.62. The molecule has 0 aliphatic carbocycles. The van der Waals surface area contributed by atoms with E-state index in [4.69, 9.17) is 40.5 Å². The number of aliphatic imine (C=N–C) groups is 1. The summed E-state index contributed by atoms with van der Waals surface area (Å²) in [6.07, 6.45) is 1.83. The van der Waals surface area contributed by atoms with Crippen LogP contribution in [-0.4, -0.2) is 62.6 Å². The first-order chi connectivity index (χ1) is 15.5. The summed E-state index contributed by atoms with van der Waals surface area (Å²) in [6.45, 7) is 2.24. The minimum atomic E-state index is -4.24. The topological polar surface area (TPSA) is 138 Å². The molecule has 3 rings (SSSR count). The number of likely N-dealkylation sites (N-methyl/N-ethyl adjacent to an activating group) is 1. The smallest absolute Gasteiger partial charge is 0.258 e. The molecule has 0 unspecified atom stereocenters. The fraction of sp³-hybridized carbons (Fsp3) is 0.263. The number of piperazine rings is 1. The van der Waals surface area contributed by atoms with E-state index in [0.717, 1.165) is 4.90 Å². The molecule has 4 N–H and O–H groups in total. The number of nitrogens with one attached hydrogen (secondary N) is 1. The van der Waals surface area contributed by atoms with Crippen molar-refractivity contribution in [2.24, 2.45) is 10.7 Å². The number of nitrogens with zero attached hydrogens (tertiary/aromatic N) is 5. The lowest BCUT2D eigenvalue weighted by atomic mass is 10.3. The highest BCUT2D eigenvalue weighted by molar-refractivity contribution is 7.89. The maximum Gasteiger partial charge on any atom is 0.258 e. The molecule has 1 heterocycles. The molecule has 0 spiro atoms. The largest absolute Gasteiger partial charge is 0.504 e. The molecule has 0 atom stereocenters. The molecule has 10 nitrogen and oxygen atoms in total. The van der Waals surface area contributed by atoms with Crippen molar-refractivity contribution in [1.29, 1.82) is 5.26 Å². The van der Waals surface area contributed by atoms with Crippen molar-refractivity contribution in [2.45, 2.75) is 4.90 Å². The van der Waals surface area contributed by atoms with Crippen LogP contribution in [-0.2, 0) is 10.0 Å². The third-order valence-electron chi connectivity index (χ3n) is 4.82. The number of aromatic hydroxyl groups is 1. The van der Waals surface area contributed by atoms with Gasteiger partial charge >= 0.3 is 0 Å². The number of hydrazine groups is 1. The summed E-state index contributed by atoms with van der Waals surface area (Å²) in [4.78, 5) is 8.84. The zero-order valence-corrected chi connectivity index (χ0v) is 20.4. The summed E-state index contributed by atoms with van der Waals surface area (Å²) < 4.78 is 25.9. The van der Waals surface area contributed by atoms with Crippen LogP contribution in [0.2, 0.25) is 15.1 Å². The van der Waals surface area contributed by atoms with Crippen LogP contribution in [0.15, 0.2) is 40.2 Å². The molecule has 0 radical (unpaired) electrons. The van der Waals surface area contributed by atoms with Crippen molar-refractivity contribution in [3.8, 4) is 11.9 Å². The van der Waals surface area contributed by atoms with Crippen molar-refractivity contribution in [3.05, 3.63) is 45.4 Å². The first-order valence-electron chi connectivity index (χ1n) is 9.50. The first kappa shape index (κ1) is 25.3. The quantitative estimate of drug-likeness (QED) is 0.231. The van der Waals surface area contributed by atoms with Crippen molar-refractivity contribution in [3.63, 3.8) is 0 Å². The fourth-order valence-corrected chi connectivity index (χ4v) is 5.20. The van der Waals surface area contributed by atoms with Gasteiger partial charge in [0.1, 0.15) is 10.6 Å². The Balaban J connectivity index is 1.97. The predicted octanol–water partition coefficient (Wildman–Crippen LogP) is 2.73. The Morgan fingerprint density at radius 1 is 1.18 bits per heavy atom. The van der Waals surface area contributed by atoms with Crippen molar-refractivity contribution in [2.75, 3.05) is 38.1 Å². The summed E-state index contributed by atoms with van der Waals surface area (Å²) in [7, 11) is -2.31. The molecule has 1 saturated heterocycles. The molecule has 1 aliphatic heterocycles. The van der Waals surface area contributed by atoms with Gasteiger partial charge in [-0.05, 0) is 31.3 Å². The number of hydrogen-bond acceptors (Lipinski definition) is 7. The van der Waals surface area contributed by atoms with Crippen LogP contribution in [0.3, 0.4) is 0 Å². The van der Waals surface area contributed by atoms with E-state index >= 15 is 0 Å². The summed E-state index contributed by atoms with van der Waals surface area (Å²) in [5.41, 5.74) is 5.91. The average Bonchev–Trinajstić information content (AvgIpc) is 2.75. The summed E-state index contributed by atoms with van der Waals surface area (Å²) >= 11 is 18.3. The Morgan fingerprint density at radius 3 is 2.48 bits per heavy atom. The second-order valence-electron chi connectivity index (χ2n) is 7.11. The van der Waals surface area contributed by atoms with Gasteiger partial charge in [0.15, 0.2) is 11.9 Å². The standard InChI is InChI=1S/C19H20Cl3N7O3S/c1-27-7-9-28(10-8-27)26-33(31,32)18-13(21)5-6-14(17(18)30)25-19(24)29(11-23)15-4-2-3-12(20)16(15)22/h2-6,26,30H,7-10H2,1H3,(H2,24,25).